The Bertz CT molecular complexity index is 1290. The van der Waals surface area contributed by atoms with Crippen molar-refractivity contribution in [2.24, 2.45) is 0 Å². The van der Waals surface area contributed by atoms with E-state index in [1.54, 1.807) is 42.5 Å². The van der Waals surface area contributed by atoms with Crippen LogP contribution in [0.1, 0.15) is 63.9 Å². The number of carbonyl (C=O) groups is 5. The van der Waals surface area contributed by atoms with Crippen LogP contribution in [-0.2, 0) is 16.1 Å². The molecule has 2 aromatic carbocycles. The number of ether oxygens (including phenoxy) is 1. The normalized spacial score (nSPS) is 19.7. The van der Waals surface area contributed by atoms with Crippen molar-refractivity contribution >= 4 is 35.7 Å². The molecule has 2 heterocycles. The molecule has 0 unspecified atom stereocenters. The summed E-state index contributed by atoms with van der Waals surface area (Å²) in [6.45, 7) is -0.0423. The molecule has 2 aromatic rings. The molecule has 5 rings (SSSR count). The lowest BCUT2D eigenvalue weighted by Gasteiger charge is -2.35. The van der Waals surface area contributed by atoms with Crippen LogP contribution in [0.25, 0.3) is 6.08 Å². The predicted molar refractivity (Wildman–Crippen MR) is 129 cm³/mol. The highest BCUT2D eigenvalue weighted by Gasteiger charge is 2.40. The van der Waals surface area contributed by atoms with Crippen LogP contribution in [0.2, 0.25) is 0 Å². The van der Waals surface area contributed by atoms with Crippen LogP contribution < -0.4 is 10.1 Å². The highest BCUT2D eigenvalue weighted by atomic mass is 16.5. The molecule has 1 aliphatic carbocycles. The van der Waals surface area contributed by atoms with E-state index in [0.717, 1.165) is 29.1 Å². The van der Waals surface area contributed by atoms with Crippen molar-refractivity contribution in [1.82, 2.24) is 15.1 Å². The Labute approximate surface area is 207 Å². The van der Waals surface area contributed by atoms with Gasteiger partial charge in [-0.2, -0.15) is 0 Å². The standard InChI is InChI=1S/C27H25N3O6/c1-36-22-12-11-16(13-17(22)15-29-24(32)19-9-5-6-10-20(19)25(29)33)14-21-23(31)28-27(35)30(26(21)34)18-7-3-2-4-8-18/h5-6,9-14,18H,2-4,7-8,15H2,1H3,(H,28,31,35). The fourth-order valence-electron chi connectivity index (χ4n) is 5.07. The third kappa shape index (κ3) is 4.06. The fourth-order valence-corrected chi connectivity index (χ4v) is 5.07. The Hall–Kier alpha value is -4.27. The number of imide groups is 3. The fraction of sp³-hybridized carbons (Fsp3) is 0.296. The van der Waals surface area contributed by atoms with Crippen LogP contribution in [0, 0.1) is 0 Å². The quantitative estimate of drug-likeness (QED) is 0.393. The van der Waals surface area contributed by atoms with Crippen molar-refractivity contribution in [1.29, 1.82) is 0 Å². The Balaban J connectivity index is 1.44. The van der Waals surface area contributed by atoms with E-state index in [1.807, 2.05) is 0 Å². The molecule has 2 aliphatic heterocycles. The molecule has 0 aromatic heterocycles. The van der Waals surface area contributed by atoms with Crippen LogP contribution in [0.4, 0.5) is 4.79 Å². The molecule has 1 saturated heterocycles. The number of methoxy groups -OCH3 is 1. The molecule has 9 heteroatoms. The van der Waals surface area contributed by atoms with Crippen molar-refractivity contribution in [3.8, 4) is 5.75 Å². The number of carbonyl (C=O) groups excluding carboxylic acids is 5. The van der Waals surface area contributed by atoms with Gasteiger partial charge < -0.3 is 4.74 Å². The van der Waals surface area contributed by atoms with Crippen LogP contribution in [0.15, 0.2) is 48.0 Å². The van der Waals surface area contributed by atoms with Gasteiger partial charge in [0, 0.05) is 11.6 Å². The summed E-state index contributed by atoms with van der Waals surface area (Å²) in [7, 11) is 1.48. The second-order valence-corrected chi connectivity index (χ2v) is 9.10. The van der Waals surface area contributed by atoms with Crippen molar-refractivity contribution < 1.29 is 28.7 Å². The number of barbiturate groups is 1. The van der Waals surface area contributed by atoms with Gasteiger partial charge in [0.2, 0.25) is 0 Å². The molecular formula is C27H25N3O6. The molecular weight excluding hydrogens is 462 g/mol. The Morgan fingerprint density at radius 1 is 0.917 bits per heavy atom. The summed E-state index contributed by atoms with van der Waals surface area (Å²) in [5.74, 6) is -1.72. The van der Waals surface area contributed by atoms with Crippen LogP contribution in [0.5, 0.6) is 5.75 Å². The molecule has 0 spiro atoms. The number of nitrogens with one attached hydrogen (secondary N) is 1. The van der Waals surface area contributed by atoms with E-state index >= 15 is 0 Å². The minimum atomic E-state index is -0.755. The molecule has 6 amide bonds. The van der Waals surface area contributed by atoms with Gasteiger partial charge in [-0.05, 0) is 48.7 Å². The van der Waals surface area contributed by atoms with Crippen molar-refractivity contribution in [3.05, 3.63) is 70.3 Å². The maximum atomic E-state index is 13.2. The average Bonchev–Trinajstić information content (AvgIpc) is 3.12. The van der Waals surface area contributed by atoms with E-state index in [2.05, 4.69) is 5.32 Å². The summed E-state index contributed by atoms with van der Waals surface area (Å²) in [6, 6.07) is 10.7. The smallest absolute Gasteiger partial charge is 0.331 e. The number of nitrogens with zero attached hydrogens (tertiary/aromatic N) is 2. The number of fused-ring (bicyclic) bond motifs is 1. The molecule has 9 nitrogen and oxygen atoms in total. The minimum Gasteiger partial charge on any atom is -0.496 e. The van der Waals surface area contributed by atoms with Gasteiger partial charge in [-0.25, -0.2) is 4.79 Å². The zero-order chi connectivity index (χ0) is 25.4. The Kier molecular flexibility index (Phi) is 6.13. The first-order valence-electron chi connectivity index (χ1n) is 11.9. The number of benzene rings is 2. The molecule has 2 fully saturated rings. The van der Waals surface area contributed by atoms with Gasteiger partial charge in [0.1, 0.15) is 11.3 Å². The van der Waals surface area contributed by atoms with Gasteiger partial charge in [-0.1, -0.05) is 37.5 Å². The molecule has 0 bridgehead atoms. The molecule has 184 valence electrons. The van der Waals surface area contributed by atoms with Crippen LogP contribution >= 0.6 is 0 Å². The van der Waals surface area contributed by atoms with Crippen molar-refractivity contribution in [2.75, 3.05) is 7.11 Å². The molecule has 36 heavy (non-hydrogen) atoms. The summed E-state index contributed by atoms with van der Waals surface area (Å²) >= 11 is 0. The Morgan fingerprint density at radius 2 is 1.58 bits per heavy atom. The molecule has 0 atom stereocenters. The van der Waals surface area contributed by atoms with E-state index in [4.69, 9.17) is 4.74 Å². The lowest BCUT2D eigenvalue weighted by molar-refractivity contribution is -0.132. The maximum absolute atomic E-state index is 13.2. The zero-order valence-corrected chi connectivity index (χ0v) is 19.8. The van der Waals surface area contributed by atoms with Crippen LogP contribution in [0.3, 0.4) is 0 Å². The second kappa shape index (κ2) is 9.41. The number of hydrogen-bond donors (Lipinski definition) is 1. The lowest BCUT2D eigenvalue weighted by atomic mass is 9.93. The summed E-state index contributed by atoms with van der Waals surface area (Å²) in [6.07, 6.45) is 5.76. The van der Waals surface area contributed by atoms with Crippen LogP contribution in [-0.4, -0.2) is 52.6 Å². The van der Waals surface area contributed by atoms with Crippen molar-refractivity contribution in [3.63, 3.8) is 0 Å². The SMILES string of the molecule is COc1ccc(C=C2C(=O)NC(=O)N(C3CCCCC3)C2=O)cc1CN1C(=O)c2ccccc2C1=O. The highest BCUT2D eigenvalue weighted by molar-refractivity contribution is 6.31. The summed E-state index contributed by atoms with van der Waals surface area (Å²) in [5.41, 5.74) is 1.58. The number of hydrogen-bond acceptors (Lipinski definition) is 6. The first-order chi connectivity index (χ1) is 17.4. The van der Waals surface area contributed by atoms with Gasteiger partial charge in [0.05, 0.1) is 24.8 Å². The predicted octanol–water partition coefficient (Wildman–Crippen LogP) is 3.29. The van der Waals surface area contributed by atoms with E-state index in [0.29, 0.717) is 40.8 Å². The highest BCUT2D eigenvalue weighted by Crippen LogP contribution is 2.30. The average molecular weight is 488 g/mol. The van der Waals surface area contributed by atoms with E-state index in [9.17, 15) is 24.0 Å². The second-order valence-electron chi connectivity index (χ2n) is 9.10. The first kappa shape index (κ1) is 23.5. The molecule has 1 saturated carbocycles. The zero-order valence-electron chi connectivity index (χ0n) is 19.8. The van der Waals surface area contributed by atoms with Gasteiger partial charge in [-0.15, -0.1) is 0 Å². The monoisotopic (exact) mass is 487 g/mol. The topological polar surface area (TPSA) is 113 Å². The van der Waals surface area contributed by atoms with Crippen molar-refractivity contribution in [2.45, 2.75) is 44.7 Å². The van der Waals surface area contributed by atoms with E-state index < -0.39 is 29.7 Å². The van der Waals surface area contributed by atoms with Gasteiger partial charge in [0.15, 0.2) is 0 Å². The molecule has 3 aliphatic rings. The molecule has 0 radical (unpaired) electrons. The third-order valence-electron chi connectivity index (χ3n) is 6.90. The summed E-state index contributed by atoms with van der Waals surface area (Å²) < 4.78 is 5.43. The first-order valence-corrected chi connectivity index (χ1v) is 11.9. The molecule has 1 N–H and O–H groups in total. The largest absolute Gasteiger partial charge is 0.496 e. The maximum Gasteiger partial charge on any atom is 0.331 e. The van der Waals surface area contributed by atoms with Gasteiger partial charge >= 0.3 is 6.03 Å². The van der Waals surface area contributed by atoms with E-state index in [1.165, 1.54) is 13.2 Å². The number of rotatable bonds is 5. The third-order valence-corrected chi connectivity index (χ3v) is 6.90. The number of amides is 6. The minimum absolute atomic E-state index is 0.0423. The summed E-state index contributed by atoms with van der Waals surface area (Å²) in [4.78, 5) is 66.2. The van der Waals surface area contributed by atoms with Gasteiger partial charge in [-0.3, -0.25) is 34.3 Å². The Morgan fingerprint density at radius 3 is 2.22 bits per heavy atom. The van der Waals surface area contributed by atoms with Gasteiger partial charge in [0.25, 0.3) is 23.6 Å². The summed E-state index contributed by atoms with van der Waals surface area (Å²) in [5, 5.41) is 2.28. The van der Waals surface area contributed by atoms with E-state index in [-0.39, 0.29) is 18.2 Å². The lowest BCUT2D eigenvalue weighted by Crippen LogP contribution is -2.58. The number of urea groups is 1.